The van der Waals surface area contributed by atoms with Gasteiger partial charge in [0.25, 0.3) is 0 Å². The van der Waals surface area contributed by atoms with Crippen LogP contribution in [0.2, 0.25) is 5.02 Å². The Morgan fingerprint density at radius 1 is 1.22 bits per heavy atom. The maximum atomic E-state index is 12.8. The summed E-state index contributed by atoms with van der Waals surface area (Å²) in [4.78, 5) is 34.4. The molecule has 146 valence electrons. The molecule has 0 saturated carbocycles. The number of benzene rings is 1. The number of hydrogen-bond acceptors (Lipinski definition) is 6. The van der Waals surface area contributed by atoms with E-state index >= 15 is 0 Å². The summed E-state index contributed by atoms with van der Waals surface area (Å²) >= 11 is 5.99. The fraction of sp³-hybridized carbons (Fsp3) is 0.526. The van der Waals surface area contributed by atoms with Gasteiger partial charge in [0.05, 0.1) is 6.61 Å². The molecule has 0 aliphatic carbocycles. The number of ether oxygens (including phenoxy) is 1. The van der Waals surface area contributed by atoms with Crippen LogP contribution in [0.25, 0.3) is 0 Å². The van der Waals surface area contributed by atoms with E-state index in [9.17, 15) is 9.59 Å². The SMILES string of the molecule is CCOC(=O)[C@H]1C(=O)NC(N2CCN(CC)CC2)=N[C@@H]1c1ccc(Cl)cc1. The molecule has 2 heterocycles. The topological polar surface area (TPSA) is 74.2 Å². The van der Waals surface area contributed by atoms with Crippen molar-refractivity contribution in [2.75, 3.05) is 39.3 Å². The largest absolute Gasteiger partial charge is 0.465 e. The van der Waals surface area contributed by atoms with Crippen LogP contribution in [0.5, 0.6) is 0 Å². The second-order valence-electron chi connectivity index (χ2n) is 6.59. The number of nitrogens with zero attached hydrogens (tertiary/aromatic N) is 3. The predicted molar refractivity (Wildman–Crippen MR) is 104 cm³/mol. The molecule has 8 heteroatoms. The average Bonchev–Trinajstić information content (AvgIpc) is 2.68. The van der Waals surface area contributed by atoms with Crippen molar-refractivity contribution in [2.45, 2.75) is 19.9 Å². The Labute approximate surface area is 164 Å². The van der Waals surface area contributed by atoms with Crippen LogP contribution in [0.3, 0.4) is 0 Å². The Morgan fingerprint density at radius 3 is 2.48 bits per heavy atom. The molecule has 2 aliphatic heterocycles. The number of guanidine groups is 1. The first kappa shape index (κ1) is 19.6. The standard InChI is InChI=1S/C19H25ClN4O3/c1-3-23-9-11-24(12-10-23)19-21-16(13-5-7-14(20)8-6-13)15(17(25)22-19)18(26)27-4-2/h5-8,15-16H,3-4,9-12H2,1-2H3,(H,21,22,25)/t15-,16-/m1/s1. The third-order valence-electron chi connectivity index (χ3n) is 4.97. The van der Waals surface area contributed by atoms with E-state index in [4.69, 9.17) is 21.3 Å². The van der Waals surface area contributed by atoms with Crippen LogP contribution in [-0.4, -0.2) is 67.0 Å². The molecule has 0 spiro atoms. The fourth-order valence-corrected chi connectivity index (χ4v) is 3.53. The van der Waals surface area contributed by atoms with Crippen molar-refractivity contribution in [3.63, 3.8) is 0 Å². The van der Waals surface area contributed by atoms with E-state index in [2.05, 4.69) is 22.0 Å². The molecule has 0 aromatic heterocycles. The normalized spacial score (nSPS) is 23.6. The van der Waals surface area contributed by atoms with Crippen LogP contribution in [0.4, 0.5) is 0 Å². The van der Waals surface area contributed by atoms with Gasteiger partial charge in [-0.15, -0.1) is 0 Å². The van der Waals surface area contributed by atoms with E-state index in [1.165, 1.54) is 0 Å². The summed E-state index contributed by atoms with van der Waals surface area (Å²) in [5.74, 6) is -1.42. The lowest BCUT2D eigenvalue weighted by Gasteiger charge is -2.38. The molecule has 1 amide bonds. The molecule has 0 unspecified atom stereocenters. The first-order valence-electron chi connectivity index (χ1n) is 9.31. The number of carbonyl (C=O) groups is 2. The highest BCUT2D eigenvalue weighted by Gasteiger charge is 2.42. The van der Waals surface area contributed by atoms with Gasteiger partial charge in [0.1, 0.15) is 6.04 Å². The average molecular weight is 393 g/mol. The molecule has 2 atom stereocenters. The molecule has 7 nitrogen and oxygen atoms in total. The van der Waals surface area contributed by atoms with Gasteiger partial charge < -0.3 is 14.5 Å². The van der Waals surface area contributed by atoms with Gasteiger partial charge in [-0.25, -0.2) is 4.99 Å². The van der Waals surface area contributed by atoms with Crippen molar-refractivity contribution in [3.05, 3.63) is 34.9 Å². The van der Waals surface area contributed by atoms with Crippen molar-refractivity contribution >= 4 is 29.4 Å². The first-order chi connectivity index (χ1) is 13.0. The summed E-state index contributed by atoms with van der Waals surface area (Å²) in [6.07, 6.45) is 0. The van der Waals surface area contributed by atoms with E-state index in [1.807, 2.05) is 0 Å². The third kappa shape index (κ3) is 4.42. The molecule has 27 heavy (non-hydrogen) atoms. The minimum absolute atomic E-state index is 0.214. The minimum Gasteiger partial charge on any atom is -0.465 e. The Balaban J connectivity index is 1.90. The Morgan fingerprint density at radius 2 is 1.89 bits per heavy atom. The van der Waals surface area contributed by atoms with Gasteiger partial charge in [0, 0.05) is 31.2 Å². The van der Waals surface area contributed by atoms with Gasteiger partial charge in [0.15, 0.2) is 5.92 Å². The van der Waals surface area contributed by atoms with E-state index in [0.29, 0.717) is 11.0 Å². The number of rotatable bonds is 4. The zero-order valence-electron chi connectivity index (χ0n) is 15.7. The zero-order valence-corrected chi connectivity index (χ0v) is 16.4. The number of hydrogen-bond donors (Lipinski definition) is 1. The highest BCUT2D eigenvalue weighted by Crippen LogP contribution is 2.31. The van der Waals surface area contributed by atoms with Gasteiger partial charge in [-0.3, -0.25) is 14.9 Å². The smallest absolute Gasteiger partial charge is 0.321 e. The summed E-state index contributed by atoms with van der Waals surface area (Å²) < 4.78 is 5.12. The highest BCUT2D eigenvalue weighted by atomic mass is 35.5. The molecule has 1 N–H and O–H groups in total. The van der Waals surface area contributed by atoms with Crippen molar-refractivity contribution in [2.24, 2.45) is 10.9 Å². The van der Waals surface area contributed by atoms with Crippen LogP contribution in [-0.2, 0) is 14.3 Å². The van der Waals surface area contributed by atoms with Crippen molar-refractivity contribution < 1.29 is 14.3 Å². The molecule has 1 fully saturated rings. The number of carbonyl (C=O) groups excluding carboxylic acids is 2. The van der Waals surface area contributed by atoms with Gasteiger partial charge in [-0.1, -0.05) is 30.7 Å². The van der Waals surface area contributed by atoms with Crippen LogP contribution in [0, 0.1) is 5.92 Å². The van der Waals surface area contributed by atoms with Crippen molar-refractivity contribution in [1.82, 2.24) is 15.1 Å². The quantitative estimate of drug-likeness (QED) is 0.623. The maximum absolute atomic E-state index is 12.8. The monoisotopic (exact) mass is 392 g/mol. The van der Waals surface area contributed by atoms with E-state index < -0.39 is 17.9 Å². The zero-order chi connectivity index (χ0) is 19.4. The van der Waals surface area contributed by atoms with Gasteiger partial charge in [-0.2, -0.15) is 0 Å². The highest BCUT2D eigenvalue weighted by molar-refractivity contribution is 6.30. The number of esters is 1. The molecule has 3 rings (SSSR count). The van der Waals surface area contributed by atoms with Crippen molar-refractivity contribution in [3.8, 4) is 0 Å². The first-order valence-corrected chi connectivity index (χ1v) is 9.69. The molecule has 1 aromatic carbocycles. The third-order valence-corrected chi connectivity index (χ3v) is 5.22. The van der Waals surface area contributed by atoms with E-state index in [0.717, 1.165) is 38.3 Å². The molecule has 1 aromatic rings. The summed E-state index contributed by atoms with van der Waals surface area (Å²) in [5.41, 5.74) is 0.761. The molecule has 1 saturated heterocycles. The Bertz CT molecular complexity index is 714. The van der Waals surface area contributed by atoms with Crippen LogP contribution >= 0.6 is 11.6 Å². The lowest BCUT2D eigenvalue weighted by molar-refractivity contribution is -0.153. The summed E-state index contributed by atoms with van der Waals surface area (Å²) in [6.45, 7) is 8.47. The minimum atomic E-state index is -1.01. The van der Waals surface area contributed by atoms with Crippen LogP contribution in [0.15, 0.2) is 29.3 Å². The Hall–Kier alpha value is -2.12. The number of piperazine rings is 1. The van der Waals surface area contributed by atoms with Gasteiger partial charge >= 0.3 is 5.97 Å². The molecule has 0 radical (unpaired) electrons. The molecule has 2 aliphatic rings. The summed E-state index contributed by atoms with van der Waals surface area (Å²) in [7, 11) is 0. The predicted octanol–water partition coefficient (Wildman–Crippen LogP) is 1.68. The number of halogens is 1. The van der Waals surface area contributed by atoms with Gasteiger partial charge in [0.2, 0.25) is 11.9 Å². The van der Waals surface area contributed by atoms with E-state index in [1.54, 1.807) is 31.2 Å². The van der Waals surface area contributed by atoms with Crippen LogP contribution < -0.4 is 5.32 Å². The Kier molecular flexibility index (Phi) is 6.34. The second-order valence-corrected chi connectivity index (χ2v) is 7.03. The fourth-order valence-electron chi connectivity index (χ4n) is 3.40. The number of aliphatic imine (C=N–C) groups is 1. The molecule has 0 bridgehead atoms. The number of amides is 1. The lowest BCUT2D eigenvalue weighted by atomic mass is 9.91. The summed E-state index contributed by atoms with van der Waals surface area (Å²) in [5, 5.41) is 3.40. The maximum Gasteiger partial charge on any atom is 0.321 e. The number of likely N-dealkylation sites (N-methyl/N-ethyl adjacent to an activating group) is 1. The van der Waals surface area contributed by atoms with Gasteiger partial charge in [-0.05, 0) is 31.2 Å². The van der Waals surface area contributed by atoms with E-state index in [-0.39, 0.29) is 12.5 Å². The van der Waals surface area contributed by atoms with Crippen LogP contribution in [0.1, 0.15) is 25.5 Å². The van der Waals surface area contributed by atoms with Crippen molar-refractivity contribution in [1.29, 1.82) is 0 Å². The molecular weight excluding hydrogens is 368 g/mol. The number of nitrogens with one attached hydrogen (secondary N) is 1. The lowest BCUT2D eigenvalue weighted by Crippen LogP contribution is -2.57. The second kappa shape index (κ2) is 8.71. The summed E-state index contributed by atoms with van der Waals surface area (Å²) in [6, 6.07) is 6.44. The molecular formula is C19H25ClN4O3.